The van der Waals surface area contributed by atoms with Crippen molar-refractivity contribution in [3.8, 4) is 35.5 Å². The molecule has 9 rings (SSSR count). The highest BCUT2D eigenvalue weighted by Crippen LogP contribution is 2.46. The predicted molar refractivity (Wildman–Crippen MR) is 168 cm³/mol. The highest BCUT2D eigenvalue weighted by atomic mass is 19.1. The van der Waals surface area contributed by atoms with Gasteiger partial charge in [-0.3, -0.25) is 4.90 Å². The minimum absolute atomic E-state index is 0.00459. The number of benzene rings is 2. The summed E-state index contributed by atoms with van der Waals surface area (Å²) in [6.45, 7) is 4.09. The molecule has 46 heavy (non-hydrogen) atoms. The minimum atomic E-state index is -0.908. The van der Waals surface area contributed by atoms with Crippen molar-refractivity contribution in [3.05, 3.63) is 47.5 Å². The Kier molecular flexibility index (Phi) is 6.22. The van der Waals surface area contributed by atoms with Gasteiger partial charge < -0.3 is 19.7 Å². The Hall–Kier alpha value is -4.14. The summed E-state index contributed by atoms with van der Waals surface area (Å²) < 4.78 is 59.4. The number of rotatable bonds is 4. The number of alkyl halides is 1. The average molecular weight is 627 g/mol. The van der Waals surface area contributed by atoms with Gasteiger partial charge in [0.05, 0.1) is 17.1 Å². The normalized spacial score (nSPS) is 29.8. The van der Waals surface area contributed by atoms with E-state index in [1.54, 1.807) is 24.3 Å². The molecule has 0 saturated carbocycles. The number of piperazine rings is 1. The van der Waals surface area contributed by atoms with Crippen molar-refractivity contribution in [2.45, 2.75) is 75.0 Å². The van der Waals surface area contributed by atoms with Crippen molar-refractivity contribution < 1.29 is 22.6 Å². The van der Waals surface area contributed by atoms with Crippen LogP contribution >= 0.6 is 0 Å². The quantitative estimate of drug-likeness (QED) is 0.312. The predicted octanol–water partition coefficient (Wildman–Crippen LogP) is 5.15. The van der Waals surface area contributed by atoms with Gasteiger partial charge in [0.1, 0.15) is 47.1 Å². The molecule has 4 fully saturated rings. The number of terminal acetylenes is 1. The van der Waals surface area contributed by atoms with E-state index in [-0.39, 0.29) is 59.5 Å². The van der Waals surface area contributed by atoms with Crippen LogP contribution in [0.2, 0.25) is 0 Å². The van der Waals surface area contributed by atoms with Gasteiger partial charge in [-0.15, -0.1) is 6.42 Å². The Bertz CT molecular complexity index is 1970. The zero-order chi connectivity index (χ0) is 31.3. The zero-order valence-electron chi connectivity index (χ0n) is 25.4. The second-order valence-electron chi connectivity index (χ2n) is 13.5. The first-order valence-electron chi connectivity index (χ1n) is 16.1. The van der Waals surface area contributed by atoms with Gasteiger partial charge in [0.25, 0.3) is 0 Å². The standard InChI is InChI=1S/C35H33F3N6O2/c1-3-22-24(37)10-8-19-6-4-7-23(26(19)22)29-28(38)30-27-32(42-34(41-30)45-17-35-12-5-13-43(35)15-20(36)14-35)44-16-21-9-11-25(39-21)31(44)18(2)46-33(27)40-29/h1,4,6-8,10,18,20-21,25,31,39H,5,9,11-17H2,2H3/t18-,20+,21+,25-,31+,35-/m0/s1. The number of fused-ring (bicyclic) bond motifs is 7. The third kappa shape index (κ3) is 4.05. The molecule has 7 heterocycles. The lowest BCUT2D eigenvalue weighted by Gasteiger charge is -2.42. The summed E-state index contributed by atoms with van der Waals surface area (Å²) in [6.07, 6.45) is 8.73. The molecule has 6 atom stereocenters. The number of pyridine rings is 1. The van der Waals surface area contributed by atoms with Crippen LogP contribution in [0.4, 0.5) is 19.0 Å². The summed E-state index contributed by atoms with van der Waals surface area (Å²) in [7, 11) is 0. The molecule has 8 nitrogen and oxygen atoms in total. The van der Waals surface area contributed by atoms with Crippen LogP contribution in [-0.2, 0) is 0 Å². The number of hydrogen-bond donors (Lipinski definition) is 1. The molecule has 2 aromatic heterocycles. The number of nitrogens with one attached hydrogen (secondary N) is 1. The summed E-state index contributed by atoms with van der Waals surface area (Å²) in [4.78, 5) is 18.7. The lowest BCUT2D eigenvalue weighted by molar-refractivity contribution is 0.107. The molecule has 1 N–H and O–H groups in total. The fraction of sp³-hybridized carbons (Fsp3) is 0.457. The van der Waals surface area contributed by atoms with Crippen molar-refractivity contribution >= 4 is 27.5 Å². The molecule has 0 aliphatic carbocycles. The van der Waals surface area contributed by atoms with Crippen LogP contribution in [-0.4, -0.2) is 82.0 Å². The SMILES string of the molecule is C#Cc1c(F)ccc2cccc(-c3nc4c5c(nc(OC[C@@]67CCCN6C[C@H](F)C7)nc5c3F)N3C[C@H]5CC[C@H](N5)[C@H]3[C@H](C)O4)c12. The highest BCUT2D eigenvalue weighted by molar-refractivity contribution is 6.03. The number of halogens is 3. The molecule has 11 heteroatoms. The Labute approximate surface area is 264 Å². The zero-order valence-corrected chi connectivity index (χ0v) is 25.4. The van der Waals surface area contributed by atoms with Gasteiger partial charge in [-0.1, -0.05) is 30.2 Å². The maximum atomic E-state index is 17.0. The van der Waals surface area contributed by atoms with Gasteiger partial charge in [-0.25, -0.2) is 18.2 Å². The summed E-state index contributed by atoms with van der Waals surface area (Å²) in [6, 6.07) is 8.53. The summed E-state index contributed by atoms with van der Waals surface area (Å²) in [5.74, 6) is 1.89. The molecular formula is C35H33F3N6O2. The first kappa shape index (κ1) is 28.1. The Morgan fingerprint density at radius 2 is 2.02 bits per heavy atom. The van der Waals surface area contributed by atoms with E-state index in [2.05, 4.69) is 26.0 Å². The Balaban J connectivity index is 1.25. The molecule has 0 spiro atoms. The van der Waals surface area contributed by atoms with Gasteiger partial charge in [-0.05, 0) is 50.6 Å². The van der Waals surface area contributed by atoms with Crippen LogP contribution in [0.5, 0.6) is 11.9 Å². The van der Waals surface area contributed by atoms with Crippen LogP contribution in [0.3, 0.4) is 0 Å². The van der Waals surface area contributed by atoms with Gasteiger partial charge >= 0.3 is 6.01 Å². The summed E-state index contributed by atoms with van der Waals surface area (Å²) in [5, 5.41) is 5.13. The van der Waals surface area contributed by atoms with Gasteiger partial charge in [0.2, 0.25) is 5.88 Å². The highest BCUT2D eigenvalue weighted by Gasteiger charge is 2.50. The van der Waals surface area contributed by atoms with Gasteiger partial charge in [-0.2, -0.15) is 9.97 Å². The fourth-order valence-electron chi connectivity index (χ4n) is 8.87. The minimum Gasteiger partial charge on any atom is -0.472 e. The van der Waals surface area contributed by atoms with Crippen LogP contribution < -0.4 is 19.7 Å². The van der Waals surface area contributed by atoms with E-state index in [0.717, 1.165) is 32.2 Å². The van der Waals surface area contributed by atoms with Crippen LogP contribution in [0.25, 0.3) is 32.9 Å². The molecule has 4 aromatic rings. The summed E-state index contributed by atoms with van der Waals surface area (Å²) >= 11 is 0. The molecule has 0 radical (unpaired) electrons. The second-order valence-corrected chi connectivity index (χ2v) is 13.5. The lowest BCUT2D eigenvalue weighted by atomic mass is 9.95. The first-order chi connectivity index (χ1) is 22.3. The molecule has 2 bridgehead atoms. The van der Waals surface area contributed by atoms with E-state index in [1.807, 2.05) is 6.92 Å². The van der Waals surface area contributed by atoms with Crippen molar-refractivity contribution in [2.24, 2.45) is 0 Å². The number of aromatic nitrogens is 3. The third-order valence-corrected chi connectivity index (χ3v) is 10.9. The maximum absolute atomic E-state index is 17.0. The largest absolute Gasteiger partial charge is 0.472 e. The monoisotopic (exact) mass is 626 g/mol. The second kappa shape index (κ2) is 10.2. The smallest absolute Gasteiger partial charge is 0.319 e. The molecule has 236 valence electrons. The van der Waals surface area contributed by atoms with Crippen molar-refractivity contribution in [1.82, 2.24) is 25.2 Å². The number of ether oxygens (including phenoxy) is 2. The molecule has 5 aliphatic heterocycles. The first-order valence-corrected chi connectivity index (χ1v) is 16.1. The third-order valence-electron chi connectivity index (χ3n) is 10.9. The average Bonchev–Trinajstić information content (AvgIpc) is 3.69. The molecular weight excluding hydrogens is 593 g/mol. The molecule has 0 unspecified atom stereocenters. The van der Waals surface area contributed by atoms with E-state index in [4.69, 9.17) is 25.9 Å². The van der Waals surface area contributed by atoms with E-state index < -0.39 is 23.3 Å². The van der Waals surface area contributed by atoms with E-state index in [9.17, 15) is 8.78 Å². The molecule has 2 aromatic carbocycles. The molecule has 4 saturated heterocycles. The van der Waals surface area contributed by atoms with Crippen LogP contribution in [0.15, 0.2) is 30.3 Å². The van der Waals surface area contributed by atoms with Gasteiger partial charge in [0, 0.05) is 42.5 Å². The van der Waals surface area contributed by atoms with E-state index >= 15 is 4.39 Å². The van der Waals surface area contributed by atoms with E-state index in [1.165, 1.54) is 6.07 Å². The van der Waals surface area contributed by atoms with Gasteiger partial charge in [0.15, 0.2) is 5.82 Å². The fourth-order valence-corrected chi connectivity index (χ4v) is 8.87. The number of hydrogen-bond acceptors (Lipinski definition) is 8. The Morgan fingerprint density at radius 3 is 2.89 bits per heavy atom. The number of nitrogens with zero attached hydrogens (tertiary/aromatic N) is 5. The van der Waals surface area contributed by atoms with Crippen molar-refractivity contribution in [2.75, 3.05) is 31.1 Å². The number of anilines is 1. The van der Waals surface area contributed by atoms with Crippen LogP contribution in [0, 0.1) is 24.0 Å². The van der Waals surface area contributed by atoms with E-state index in [0.29, 0.717) is 47.1 Å². The summed E-state index contributed by atoms with van der Waals surface area (Å²) in [5.41, 5.74) is -0.0997. The van der Waals surface area contributed by atoms with Crippen molar-refractivity contribution in [3.63, 3.8) is 0 Å². The Morgan fingerprint density at radius 1 is 1.13 bits per heavy atom. The molecule has 5 aliphatic rings. The van der Waals surface area contributed by atoms with Crippen LogP contribution in [0.1, 0.15) is 44.6 Å². The topological polar surface area (TPSA) is 75.6 Å². The molecule has 0 amide bonds. The van der Waals surface area contributed by atoms with Crippen molar-refractivity contribution in [1.29, 1.82) is 0 Å². The lowest BCUT2D eigenvalue weighted by Crippen LogP contribution is -2.62. The maximum Gasteiger partial charge on any atom is 0.319 e.